The molecular weight excluding hydrogens is 428 g/mol. The van der Waals surface area contributed by atoms with Crippen LogP contribution in [0.2, 0.25) is 0 Å². The molecule has 0 spiro atoms. The SMILES string of the molecule is O=C(NC(=S)N1CCOCC1)c1ccc(OCCc2ccccc2)c(Br)c1. The van der Waals surface area contributed by atoms with Crippen LogP contribution in [0.15, 0.2) is 53.0 Å². The van der Waals surface area contributed by atoms with Crippen LogP contribution in [0.5, 0.6) is 5.75 Å². The molecule has 2 aromatic carbocycles. The van der Waals surface area contributed by atoms with Gasteiger partial charge in [-0.25, -0.2) is 0 Å². The predicted molar refractivity (Wildman–Crippen MR) is 112 cm³/mol. The molecule has 0 atom stereocenters. The molecule has 1 aliphatic heterocycles. The number of benzene rings is 2. The topological polar surface area (TPSA) is 50.8 Å². The average Bonchev–Trinajstić information content (AvgIpc) is 2.70. The molecule has 1 fully saturated rings. The van der Waals surface area contributed by atoms with E-state index in [4.69, 9.17) is 21.7 Å². The van der Waals surface area contributed by atoms with Crippen LogP contribution in [-0.2, 0) is 11.2 Å². The molecule has 1 N–H and O–H groups in total. The predicted octanol–water partition coefficient (Wildman–Crippen LogP) is 3.42. The Balaban J connectivity index is 1.53. The molecule has 5 nitrogen and oxygen atoms in total. The van der Waals surface area contributed by atoms with Crippen molar-refractivity contribution in [3.05, 3.63) is 64.1 Å². The highest BCUT2D eigenvalue weighted by molar-refractivity contribution is 9.10. The Morgan fingerprint density at radius 2 is 1.93 bits per heavy atom. The molecule has 1 aliphatic rings. The van der Waals surface area contributed by atoms with Crippen LogP contribution in [0.4, 0.5) is 0 Å². The first-order valence-corrected chi connectivity index (χ1v) is 9.98. The molecule has 7 heteroatoms. The summed E-state index contributed by atoms with van der Waals surface area (Å²) >= 11 is 8.79. The largest absolute Gasteiger partial charge is 0.492 e. The summed E-state index contributed by atoms with van der Waals surface area (Å²) in [5, 5.41) is 3.21. The number of halogens is 1. The summed E-state index contributed by atoms with van der Waals surface area (Å²) < 4.78 is 11.9. The summed E-state index contributed by atoms with van der Waals surface area (Å²) in [6.07, 6.45) is 0.823. The number of carbonyl (C=O) groups is 1. The number of hydrogen-bond donors (Lipinski definition) is 1. The van der Waals surface area contributed by atoms with Crippen LogP contribution in [0.3, 0.4) is 0 Å². The highest BCUT2D eigenvalue weighted by Crippen LogP contribution is 2.26. The second-order valence-electron chi connectivity index (χ2n) is 6.09. The van der Waals surface area contributed by atoms with Crippen molar-refractivity contribution in [3.8, 4) is 5.75 Å². The maximum absolute atomic E-state index is 12.4. The van der Waals surface area contributed by atoms with Crippen molar-refractivity contribution >= 4 is 39.2 Å². The number of nitrogens with zero attached hydrogens (tertiary/aromatic N) is 1. The summed E-state index contributed by atoms with van der Waals surface area (Å²) in [6.45, 7) is 3.19. The van der Waals surface area contributed by atoms with Crippen LogP contribution in [0, 0.1) is 0 Å². The van der Waals surface area contributed by atoms with Gasteiger partial charge in [0.25, 0.3) is 5.91 Å². The lowest BCUT2D eigenvalue weighted by Crippen LogP contribution is -2.47. The van der Waals surface area contributed by atoms with Gasteiger partial charge in [-0.2, -0.15) is 0 Å². The Morgan fingerprint density at radius 1 is 1.19 bits per heavy atom. The lowest BCUT2D eigenvalue weighted by atomic mass is 10.2. The second-order valence-corrected chi connectivity index (χ2v) is 7.33. The van der Waals surface area contributed by atoms with Crippen LogP contribution in [0.25, 0.3) is 0 Å². The van der Waals surface area contributed by atoms with Crippen LogP contribution in [-0.4, -0.2) is 48.8 Å². The van der Waals surface area contributed by atoms with Gasteiger partial charge in [-0.3, -0.25) is 10.1 Å². The van der Waals surface area contributed by atoms with Crippen LogP contribution in [0.1, 0.15) is 15.9 Å². The van der Waals surface area contributed by atoms with Gasteiger partial charge in [-0.15, -0.1) is 0 Å². The molecular formula is C20H21BrN2O3S. The van der Waals surface area contributed by atoms with E-state index in [0.717, 1.165) is 10.9 Å². The second kappa shape index (κ2) is 9.82. The molecule has 1 amide bonds. The molecule has 0 radical (unpaired) electrons. The van der Waals surface area contributed by atoms with E-state index in [2.05, 4.69) is 33.4 Å². The van der Waals surface area contributed by atoms with Crippen LogP contribution >= 0.6 is 28.1 Å². The zero-order valence-electron chi connectivity index (χ0n) is 14.8. The molecule has 0 bridgehead atoms. The van der Waals surface area contributed by atoms with Crippen molar-refractivity contribution in [1.29, 1.82) is 0 Å². The van der Waals surface area contributed by atoms with Crippen molar-refractivity contribution < 1.29 is 14.3 Å². The summed E-state index contributed by atoms with van der Waals surface area (Å²) in [6, 6.07) is 15.4. The molecule has 142 valence electrons. The van der Waals surface area contributed by atoms with E-state index in [0.29, 0.717) is 49.3 Å². The minimum atomic E-state index is -0.233. The van der Waals surface area contributed by atoms with E-state index in [1.54, 1.807) is 18.2 Å². The normalized spacial score (nSPS) is 13.9. The summed E-state index contributed by atoms with van der Waals surface area (Å²) in [4.78, 5) is 14.4. The fourth-order valence-electron chi connectivity index (χ4n) is 2.70. The third kappa shape index (κ3) is 5.76. The van der Waals surface area contributed by atoms with Gasteiger partial charge in [-0.05, 0) is 51.9 Å². The number of ether oxygens (including phenoxy) is 2. The quantitative estimate of drug-likeness (QED) is 0.710. The van der Waals surface area contributed by atoms with Gasteiger partial charge in [0.15, 0.2) is 5.11 Å². The average molecular weight is 449 g/mol. The van der Waals surface area contributed by atoms with Gasteiger partial charge in [0.2, 0.25) is 0 Å². The minimum absolute atomic E-state index is 0.233. The molecule has 3 rings (SSSR count). The van der Waals surface area contributed by atoms with Crippen LogP contribution < -0.4 is 10.1 Å². The molecule has 0 saturated carbocycles. The number of thiocarbonyl (C=S) groups is 1. The Kier molecular flexibility index (Phi) is 7.20. The lowest BCUT2D eigenvalue weighted by Gasteiger charge is -2.28. The summed E-state index contributed by atoms with van der Waals surface area (Å²) in [5.41, 5.74) is 1.74. The number of amides is 1. The van der Waals surface area contributed by atoms with Crippen molar-refractivity contribution in [2.45, 2.75) is 6.42 Å². The molecule has 27 heavy (non-hydrogen) atoms. The van der Waals surface area contributed by atoms with Gasteiger partial charge in [0, 0.05) is 25.1 Å². The maximum Gasteiger partial charge on any atom is 0.257 e. The molecule has 1 heterocycles. The van der Waals surface area contributed by atoms with E-state index < -0.39 is 0 Å². The van der Waals surface area contributed by atoms with Crippen molar-refractivity contribution in [2.75, 3.05) is 32.9 Å². The van der Waals surface area contributed by atoms with Gasteiger partial charge in [0.1, 0.15) is 5.75 Å². The number of morpholine rings is 1. The molecule has 0 unspecified atom stereocenters. The number of carbonyl (C=O) groups excluding carboxylic acids is 1. The third-order valence-electron chi connectivity index (χ3n) is 4.20. The Morgan fingerprint density at radius 3 is 2.63 bits per heavy atom. The first-order valence-electron chi connectivity index (χ1n) is 8.78. The zero-order chi connectivity index (χ0) is 19.1. The van der Waals surface area contributed by atoms with E-state index in [-0.39, 0.29) is 5.91 Å². The molecule has 0 aromatic heterocycles. The molecule has 2 aromatic rings. The number of rotatable bonds is 5. The third-order valence-corrected chi connectivity index (χ3v) is 5.18. The van der Waals surface area contributed by atoms with E-state index in [1.807, 2.05) is 23.1 Å². The van der Waals surface area contributed by atoms with Gasteiger partial charge in [0.05, 0.1) is 24.3 Å². The molecule has 0 aliphatic carbocycles. The highest BCUT2D eigenvalue weighted by Gasteiger charge is 2.17. The van der Waals surface area contributed by atoms with E-state index in [9.17, 15) is 4.79 Å². The Bertz CT molecular complexity index is 795. The lowest BCUT2D eigenvalue weighted by molar-refractivity contribution is 0.0669. The fourth-order valence-corrected chi connectivity index (χ4v) is 3.47. The number of hydrogen-bond acceptors (Lipinski definition) is 4. The highest BCUT2D eigenvalue weighted by atomic mass is 79.9. The summed E-state index contributed by atoms with van der Waals surface area (Å²) in [7, 11) is 0. The van der Waals surface area contributed by atoms with Gasteiger partial charge in [-0.1, -0.05) is 30.3 Å². The number of nitrogens with one attached hydrogen (secondary N) is 1. The fraction of sp³-hybridized carbons (Fsp3) is 0.300. The zero-order valence-corrected chi connectivity index (χ0v) is 17.2. The standard InChI is InChI=1S/C20H21BrN2O3S/c21-17-14-16(19(24)22-20(27)23-9-12-25-13-10-23)6-7-18(17)26-11-8-15-4-2-1-3-5-15/h1-7,14H,8-13H2,(H,22,24,27). The van der Waals surface area contributed by atoms with Crippen molar-refractivity contribution in [3.63, 3.8) is 0 Å². The van der Waals surface area contributed by atoms with Gasteiger partial charge >= 0.3 is 0 Å². The maximum atomic E-state index is 12.4. The van der Waals surface area contributed by atoms with E-state index >= 15 is 0 Å². The summed E-state index contributed by atoms with van der Waals surface area (Å²) in [5.74, 6) is 0.473. The van der Waals surface area contributed by atoms with Crippen molar-refractivity contribution in [1.82, 2.24) is 10.2 Å². The minimum Gasteiger partial charge on any atom is -0.492 e. The Hall–Kier alpha value is -1.96. The Labute approximate surface area is 172 Å². The van der Waals surface area contributed by atoms with E-state index in [1.165, 1.54) is 5.56 Å². The molecule has 1 saturated heterocycles. The van der Waals surface area contributed by atoms with Gasteiger partial charge < -0.3 is 14.4 Å². The first kappa shape index (κ1) is 19.8. The van der Waals surface area contributed by atoms with Crippen molar-refractivity contribution in [2.24, 2.45) is 0 Å². The smallest absolute Gasteiger partial charge is 0.257 e. The monoisotopic (exact) mass is 448 g/mol. The first-order chi connectivity index (χ1) is 13.1.